The van der Waals surface area contributed by atoms with Gasteiger partial charge in [-0.1, -0.05) is 27.7 Å². The quantitative estimate of drug-likeness (QED) is 0.718. The van der Waals surface area contributed by atoms with Crippen LogP contribution in [0.15, 0.2) is 0 Å². The Labute approximate surface area is 133 Å². The number of piperazine rings is 1. The highest BCUT2D eigenvalue weighted by Gasteiger charge is 2.27. The largest absolute Gasteiger partial charge is 0.448 e. The minimum Gasteiger partial charge on any atom is -0.448 e. The van der Waals surface area contributed by atoms with E-state index >= 15 is 0 Å². The van der Waals surface area contributed by atoms with Gasteiger partial charge in [0.15, 0.2) is 0 Å². The Kier molecular flexibility index (Phi) is 13.2. The van der Waals surface area contributed by atoms with E-state index in [0.717, 1.165) is 13.1 Å². The first-order valence-corrected chi connectivity index (χ1v) is 7.98. The van der Waals surface area contributed by atoms with Crippen LogP contribution in [0.25, 0.3) is 0 Å². The first-order valence-electron chi connectivity index (χ1n) is 7.98. The number of rotatable bonds is 1. The summed E-state index contributed by atoms with van der Waals surface area (Å²) in [7, 11) is 0. The number of ether oxygens (including phenoxy) is 1. The van der Waals surface area contributed by atoms with E-state index in [9.17, 15) is 14.4 Å². The zero-order chi connectivity index (χ0) is 17.7. The number of likely N-dealkylation sites (N-methyl/N-ethyl adjacent to an activating group) is 1. The van der Waals surface area contributed by atoms with E-state index in [2.05, 4.69) is 15.4 Å². The van der Waals surface area contributed by atoms with Crippen molar-refractivity contribution in [1.29, 1.82) is 0 Å². The van der Waals surface area contributed by atoms with Crippen LogP contribution in [0.5, 0.6) is 0 Å². The first-order chi connectivity index (χ1) is 10.5. The lowest BCUT2D eigenvalue weighted by molar-refractivity contribution is -0.142. The average Bonchev–Trinajstić information content (AvgIpc) is 2.95. The van der Waals surface area contributed by atoms with Gasteiger partial charge in [0.2, 0.25) is 0 Å². The summed E-state index contributed by atoms with van der Waals surface area (Å²) >= 11 is 0. The van der Waals surface area contributed by atoms with Gasteiger partial charge in [-0.25, -0.2) is 4.79 Å². The third kappa shape index (κ3) is 7.85. The lowest BCUT2D eigenvalue weighted by Gasteiger charge is -2.26. The summed E-state index contributed by atoms with van der Waals surface area (Å²) in [4.78, 5) is 33.4. The van der Waals surface area contributed by atoms with Crippen LogP contribution < -0.4 is 10.6 Å². The maximum Gasteiger partial charge on any atom is 0.409 e. The highest BCUT2D eigenvalue weighted by atomic mass is 16.6. The van der Waals surface area contributed by atoms with E-state index < -0.39 is 11.8 Å². The Balaban J connectivity index is 0. The zero-order valence-corrected chi connectivity index (χ0v) is 14.9. The molecule has 3 amide bonds. The number of cyclic esters (lactones) is 1. The van der Waals surface area contributed by atoms with Crippen LogP contribution in [-0.2, 0) is 14.3 Å². The van der Waals surface area contributed by atoms with Gasteiger partial charge in [0.25, 0.3) is 0 Å². The molecule has 2 N–H and O–H groups in total. The maximum atomic E-state index is 10.6. The molecular formula is C15H31N3O4. The van der Waals surface area contributed by atoms with Crippen LogP contribution in [0.1, 0.15) is 48.5 Å². The van der Waals surface area contributed by atoms with E-state index in [1.54, 1.807) is 4.90 Å². The summed E-state index contributed by atoms with van der Waals surface area (Å²) in [6.45, 7) is 15.7. The van der Waals surface area contributed by atoms with E-state index in [1.807, 2.05) is 48.5 Å². The molecule has 0 aromatic heterocycles. The molecule has 0 aliphatic carbocycles. The molecule has 2 rings (SSSR count). The van der Waals surface area contributed by atoms with Crippen LogP contribution in [0, 0.1) is 0 Å². The highest BCUT2D eigenvalue weighted by molar-refractivity contribution is 6.35. The molecule has 0 bridgehead atoms. The predicted molar refractivity (Wildman–Crippen MR) is 86.5 cm³/mol. The molecular weight excluding hydrogens is 286 g/mol. The van der Waals surface area contributed by atoms with Crippen molar-refractivity contribution in [3.63, 3.8) is 0 Å². The molecule has 0 aromatic rings. The molecule has 0 aromatic carbocycles. The van der Waals surface area contributed by atoms with Crippen molar-refractivity contribution < 1.29 is 19.1 Å². The molecule has 7 heteroatoms. The van der Waals surface area contributed by atoms with Crippen LogP contribution in [-0.4, -0.2) is 54.6 Å². The monoisotopic (exact) mass is 317 g/mol. The molecule has 0 spiro atoms. The van der Waals surface area contributed by atoms with E-state index in [0.29, 0.717) is 6.61 Å². The number of nitrogens with one attached hydrogen (secondary N) is 2. The second-order valence-electron chi connectivity index (χ2n) is 4.22. The van der Waals surface area contributed by atoms with Gasteiger partial charge in [0.05, 0.1) is 6.54 Å². The van der Waals surface area contributed by atoms with Crippen LogP contribution in [0.3, 0.4) is 0 Å². The number of nitrogens with zero attached hydrogens (tertiary/aromatic N) is 1. The molecule has 22 heavy (non-hydrogen) atoms. The Morgan fingerprint density at radius 2 is 1.41 bits per heavy atom. The van der Waals surface area contributed by atoms with Crippen molar-refractivity contribution in [2.45, 2.75) is 60.5 Å². The van der Waals surface area contributed by atoms with Gasteiger partial charge in [-0.15, -0.1) is 0 Å². The minimum absolute atomic E-state index is 0.0326. The summed E-state index contributed by atoms with van der Waals surface area (Å²) < 4.78 is 4.64. The van der Waals surface area contributed by atoms with E-state index in [-0.39, 0.29) is 18.2 Å². The zero-order valence-electron chi connectivity index (χ0n) is 14.9. The molecule has 0 saturated carbocycles. The van der Waals surface area contributed by atoms with Crippen molar-refractivity contribution >= 4 is 17.9 Å². The fourth-order valence-corrected chi connectivity index (χ4v) is 1.51. The summed E-state index contributed by atoms with van der Waals surface area (Å²) in [5.41, 5.74) is 0. The van der Waals surface area contributed by atoms with Crippen molar-refractivity contribution in [3.05, 3.63) is 0 Å². The summed E-state index contributed by atoms with van der Waals surface area (Å²) in [5, 5.41) is 5.06. The summed E-state index contributed by atoms with van der Waals surface area (Å²) in [6, 6.07) is 0.0652. The van der Waals surface area contributed by atoms with Gasteiger partial charge in [-0.05, 0) is 20.8 Å². The SMILES string of the molecule is CC.CC.CC1NC(=O)C(=O)N[C@@H]1C.CCN1CCOC1=O. The Morgan fingerprint density at radius 1 is 1.00 bits per heavy atom. The number of amides is 3. The predicted octanol–water partition coefficient (Wildman–Crippen LogP) is 1.52. The number of carbonyl (C=O) groups excluding carboxylic acids is 3. The smallest absolute Gasteiger partial charge is 0.409 e. The minimum atomic E-state index is -0.536. The van der Waals surface area contributed by atoms with Gasteiger partial charge < -0.3 is 20.3 Å². The molecule has 2 aliphatic rings. The first kappa shape index (κ1) is 22.5. The normalized spacial score (nSPS) is 22.5. The van der Waals surface area contributed by atoms with Crippen LogP contribution in [0.2, 0.25) is 0 Å². The standard InChI is InChI=1S/C6H10N2O2.C5H9NO2.2C2H6/c1-3-4(2)8-6(10)5(9)7-3;1-2-6-3-4-8-5(6)7;2*1-2/h3-4H,1-2H3,(H,7,9)(H,8,10);2-4H2,1H3;2*1-2H3/t3-,4?;;;/m1.../s1. The van der Waals surface area contributed by atoms with Crippen molar-refractivity contribution in [3.8, 4) is 0 Å². The number of carbonyl (C=O) groups is 3. The van der Waals surface area contributed by atoms with Crippen LogP contribution >= 0.6 is 0 Å². The molecule has 2 saturated heterocycles. The lowest BCUT2D eigenvalue weighted by Crippen LogP contribution is -2.59. The topological polar surface area (TPSA) is 87.7 Å². The maximum absolute atomic E-state index is 10.6. The second kappa shape index (κ2) is 12.9. The molecule has 2 heterocycles. The Bertz CT molecular complexity index is 328. The van der Waals surface area contributed by atoms with Gasteiger partial charge >= 0.3 is 17.9 Å². The molecule has 1 unspecified atom stereocenters. The molecule has 7 nitrogen and oxygen atoms in total. The molecule has 0 radical (unpaired) electrons. The van der Waals surface area contributed by atoms with Crippen molar-refractivity contribution in [2.24, 2.45) is 0 Å². The molecule has 2 atom stereocenters. The van der Waals surface area contributed by atoms with Crippen molar-refractivity contribution in [1.82, 2.24) is 15.5 Å². The Morgan fingerprint density at radius 3 is 1.64 bits per heavy atom. The van der Waals surface area contributed by atoms with E-state index in [4.69, 9.17) is 0 Å². The molecule has 2 aliphatic heterocycles. The van der Waals surface area contributed by atoms with Crippen molar-refractivity contribution in [2.75, 3.05) is 19.7 Å². The van der Waals surface area contributed by atoms with Gasteiger partial charge in [-0.2, -0.15) is 0 Å². The third-order valence-corrected chi connectivity index (χ3v) is 2.90. The Hall–Kier alpha value is -1.79. The highest BCUT2D eigenvalue weighted by Crippen LogP contribution is 2.00. The lowest BCUT2D eigenvalue weighted by atomic mass is 10.1. The van der Waals surface area contributed by atoms with Gasteiger partial charge in [0, 0.05) is 18.6 Å². The number of hydrogen-bond acceptors (Lipinski definition) is 4. The van der Waals surface area contributed by atoms with E-state index in [1.165, 1.54) is 0 Å². The molecule has 130 valence electrons. The third-order valence-electron chi connectivity index (χ3n) is 2.90. The number of hydrogen-bond donors (Lipinski definition) is 2. The fourth-order valence-electron chi connectivity index (χ4n) is 1.51. The summed E-state index contributed by atoms with van der Waals surface area (Å²) in [6.07, 6.45) is -0.174. The second-order valence-corrected chi connectivity index (χ2v) is 4.22. The van der Waals surface area contributed by atoms with Gasteiger partial charge in [0.1, 0.15) is 6.61 Å². The molecule has 2 fully saturated rings. The average molecular weight is 317 g/mol. The van der Waals surface area contributed by atoms with Crippen LogP contribution in [0.4, 0.5) is 4.79 Å². The van der Waals surface area contributed by atoms with Gasteiger partial charge in [-0.3, -0.25) is 9.59 Å². The summed E-state index contributed by atoms with van der Waals surface area (Å²) in [5.74, 6) is -1.07. The fraction of sp³-hybridized carbons (Fsp3) is 0.800.